The minimum atomic E-state index is -1.02. The monoisotopic (exact) mass is 320 g/mol. The summed E-state index contributed by atoms with van der Waals surface area (Å²) in [6.45, 7) is 1.97. The predicted octanol–water partition coefficient (Wildman–Crippen LogP) is 3.78. The SMILES string of the molecule is Cc1ccc(Br)c(Nc2ccc(N)cc2C(=O)O)c1. The second-order valence-electron chi connectivity index (χ2n) is 4.22. The molecule has 2 aromatic carbocycles. The highest BCUT2D eigenvalue weighted by Gasteiger charge is 2.11. The van der Waals surface area contributed by atoms with Gasteiger partial charge in [0.2, 0.25) is 0 Å². The zero-order valence-electron chi connectivity index (χ0n) is 10.3. The molecule has 0 atom stereocenters. The number of carboxylic acid groups (broad SMARTS) is 1. The van der Waals surface area contributed by atoms with E-state index in [0.29, 0.717) is 11.4 Å². The Labute approximate surface area is 119 Å². The number of rotatable bonds is 3. The fourth-order valence-corrected chi connectivity index (χ4v) is 2.07. The average Bonchev–Trinajstić information content (AvgIpc) is 2.35. The van der Waals surface area contributed by atoms with Crippen LogP contribution in [-0.4, -0.2) is 11.1 Å². The normalized spacial score (nSPS) is 10.2. The number of anilines is 3. The summed E-state index contributed by atoms with van der Waals surface area (Å²) in [6, 6.07) is 10.6. The number of aromatic carboxylic acids is 1. The Morgan fingerprint density at radius 3 is 2.63 bits per heavy atom. The molecule has 0 aliphatic rings. The van der Waals surface area contributed by atoms with Crippen molar-refractivity contribution in [2.24, 2.45) is 0 Å². The number of nitrogens with one attached hydrogen (secondary N) is 1. The van der Waals surface area contributed by atoms with Gasteiger partial charge in [0, 0.05) is 10.2 Å². The Balaban J connectivity index is 2.43. The smallest absolute Gasteiger partial charge is 0.337 e. The van der Waals surface area contributed by atoms with Crippen LogP contribution in [0.5, 0.6) is 0 Å². The molecule has 0 spiro atoms. The van der Waals surface area contributed by atoms with E-state index in [1.165, 1.54) is 6.07 Å². The summed E-state index contributed by atoms with van der Waals surface area (Å²) in [7, 11) is 0. The first kappa shape index (κ1) is 13.4. The maximum atomic E-state index is 11.2. The van der Waals surface area contributed by atoms with Crippen molar-refractivity contribution in [2.75, 3.05) is 11.1 Å². The van der Waals surface area contributed by atoms with Crippen LogP contribution >= 0.6 is 15.9 Å². The number of hydrogen-bond donors (Lipinski definition) is 3. The molecule has 0 aromatic heterocycles. The number of halogens is 1. The van der Waals surface area contributed by atoms with Gasteiger partial charge in [0.05, 0.1) is 16.9 Å². The molecule has 0 radical (unpaired) electrons. The highest BCUT2D eigenvalue weighted by Crippen LogP contribution is 2.29. The Morgan fingerprint density at radius 1 is 1.21 bits per heavy atom. The summed E-state index contributed by atoms with van der Waals surface area (Å²) < 4.78 is 0.867. The van der Waals surface area contributed by atoms with Gasteiger partial charge >= 0.3 is 5.97 Å². The Kier molecular flexibility index (Phi) is 3.76. The van der Waals surface area contributed by atoms with Crippen LogP contribution in [0.15, 0.2) is 40.9 Å². The van der Waals surface area contributed by atoms with Gasteiger partial charge in [-0.05, 0) is 58.7 Å². The molecule has 0 unspecified atom stereocenters. The average molecular weight is 321 g/mol. The molecule has 98 valence electrons. The number of nitrogen functional groups attached to an aromatic ring is 1. The van der Waals surface area contributed by atoms with Gasteiger partial charge in [-0.15, -0.1) is 0 Å². The molecule has 2 rings (SSSR count). The lowest BCUT2D eigenvalue weighted by molar-refractivity contribution is 0.0698. The molecule has 0 fully saturated rings. The molecule has 0 aliphatic carbocycles. The van der Waals surface area contributed by atoms with Crippen LogP contribution in [-0.2, 0) is 0 Å². The van der Waals surface area contributed by atoms with Gasteiger partial charge in [-0.3, -0.25) is 0 Å². The summed E-state index contributed by atoms with van der Waals surface area (Å²) in [4.78, 5) is 11.2. The fraction of sp³-hybridized carbons (Fsp3) is 0.0714. The van der Waals surface area contributed by atoms with Crippen LogP contribution in [0.25, 0.3) is 0 Å². The second-order valence-corrected chi connectivity index (χ2v) is 5.07. The third-order valence-corrected chi connectivity index (χ3v) is 3.36. The molecule has 4 nitrogen and oxygen atoms in total. The zero-order chi connectivity index (χ0) is 14.0. The third-order valence-electron chi connectivity index (χ3n) is 2.67. The highest BCUT2D eigenvalue weighted by molar-refractivity contribution is 9.10. The van der Waals surface area contributed by atoms with Crippen LogP contribution < -0.4 is 11.1 Å². The lowest BCUT2D eigenvalue weighted by atomic mass is 10.1. The summed E-state index contributed by atoms with van der Waals surface area (Å²) in [5.41, 5.74) is 8.58. The largest absolute Gasteiger partial charge is 0.478 e. The van der Waals surface area contributed by atoms with Crippen molar-refractivity contribution in [3.8, 4) is 0 Å². The second kappa shape index (κ2) is 5.32. The van der Waals surface area contributed by atoms with Crippen LogP contribution in [0.1, 0.15) is 15.9 Å². The molecule has 0 saturated carbocycles. The Morgan fingerprint density at radius 2 is 1.95 bits per heavy atom. The molecular formula is C14H13BrN2O2. The first-order valence-corrected chi connectivity index (χ1v) is 6.42. The third kappa shape index (κ3) is 3.06. The van der Waals surface area contributed by atoms with Crippen molar-refractivity contribution in [1.29, 1.82) is 0 Å². The molecule has 0 heterocycles. The van der Waals surface area contributed by atoms with Gasteiger partial charge in [-0.1, -0.05) is 6.07 Å². The van der Waals surface area contributed by atoms with Gasteiger partial charge in [-0.25, -0.2) is 4.79 Å². The molecular weight excluding hydrogens is 308 g/mol. The van der Waals surface area contributed by atoms with E-state index in [-0.39, 0.29) is 5.56 Å². The quantitative estimate of drug-likeness (QED) is 0.752. The molecule has 0 amide bonds. The molecule has 0 aliphatic heterocycles. The van der Waals surface area contributed by atoms with Gasteiger partial charge in [0.15, 0.2) is 0 Å². The fourth-order valence-electron chi connectivity index (χ4n) is 1.73. The van der Waals surface area contributed by atoms with E-state index < -0.39 is 5.97 Å². The van der Waals surface area contributed by atoms with Crippen molar-refractivity contribution in [3.63, 3.8) is 0 Å². The van der Waals surface area contributed by atoms with Crippen LogP contribution in [0.2, 0.25) is 0 Å². The molecule has 2 aromatic rings. The first-order chi connectivity index (χ1) is 8.97. The van der Waals surface area contributed by atoms with Crippen molar-refractivity contribution < 1.29 is 9.90 Å². The molecule has 0 bridgehead atoms. The molecule has 0 saturated heterocycles. The molecule has 19 heavy (non-hydrogen) atoms. The van der Waals surface area contributed by atoms with E-state index in [1.807, 2.05) is 25.1 Å². The number of aryl methyl sites for hydroxylation is 1. The van der Waals surface area contributed by atoms with E-state index >= 15 is 0 Å². The lowest BCUT2D eigenvalue weighted by Gasteiger charge is -2.12. The Bertz CT molecular complexity index is 641. The number of nitrogens with two attached hydrogens (primary N) is 1. The number of hydrogen-bond acceptors (Lipinski definition) is 3. The number of carbonyl (C=O) groups is 1. The first-order valence-electron chi connectivity index (χ1n) is 5.63. The Hall–Kier alpha value is -2.01. The van der Waals surface area contributed by atoms with Crippen LogP contribution in [0, 0.1) is 6.92 Å². The summed E-state index contributed by atoms with van der Waals surface area (Å²) in [5.74, 6) is -1.02. The topological polar surface area (TPSA) is 75.3 Å². The number of benzene rings is 2. The van der Waals surface area contributed by atoms with E-state index in [9.17, 15) is 9.90 Å². The summed E-state index contributed by atoms with van der Waals surface area (Å²) in [5, 5.41) is 12.3. The van der Waals surface area contributed by atoms with Gasteiger partial charge in [0.25, 0.3) is 0 Å². The van der Waals surface area contributed by atoms with Gasteiger partial charge in [0.1, 0.15) is 0 Å². The lowest BCUT2D eigenvalue weighted by Crippen LogP contribution is -2.04. The van der Waals surface area contributed by atoms with Gasteiger partial charge < -0.3 is 16.2 Å². The standard InChI is InChI=1S/C14H13BrN2O2/c1-8-2-4-11(15)13(6-8)17-12-5-3-9(16)7-10(12)14(18)19/h2-7,17H,16H2,1H3,(H,18,19). The summed E-state index contributed by atoms with van der Waals surface area (Å²) in [6.07, 6.45) is 0. The zero-order valence-corrected chi connectivity index (χ0v) is 11.9. The van der Waals surface area contributed by atoms with E-state index in [1.54, 1.807) is 12.1 Å². The van der Waals surface area contributed by atoms with Crippen molar-refractivity contribution in [2.45, 2.75) is 6.92 Å². The van der Waals surface area contributed by atoms with Crippen molar-refractivity contribution in [3.05, 3.63) is 52.0 Å². The van der Waals surface area contributed by atoms with E-state index in [4.69, 9.17) is 5.73 Å². The minimum absolute atomic E-state index is 0.147. The van der Waals surface area contributed by atoms with E-state index in [2.05, 4.69) is 21.2 Å². The highest BCUT2D eigenvalue weighted by atomic mass is 79.9. The van der Waals surface area contributed by atoms with E-state index in [0.717, 1.165) is 15.7 Å². The predicted molar refractivity (Wildman–Crippen MR) is 80.0 cm³/mol. The van der Waals surface area contributed by atoms with Crippen LogP contribution in [0.4, 0.5) is 17.1 Å². The maximum Gasteiger partial charge on any atom is 0.337 e. The molecule has 4 N–H and O–H groups in total. The number of carboxylic acids is 1. The van der Waals surface area contributed by atoms with Crippen molar-refractivity contribution >= 4 is 39.0 Å². The molecule has 5 heteroatoms. The van der Waals surface area contributed by atoms with Crippen LogP contribution in [0.3, 0.4) is 0 Å². The summed E-state index contributed by atoms with van der Waals surface area (Å²) >= 11 is 3.43. The van der Waals surface area contributed by atoms with Crippen molar-refractivity contribution in [1.82, 2.24) is 0 Å². The maximum absolute atomic E-state index is 11.2. The minimum Gasteiger partial charge on any atom is -0.478 e. The van der Waals surface area contributed by atoms with Gasteiger partial charge in [-0.2, -0.15) is 0 Å².